The van der Waals surface area contributed by atoms with Crippen molar-refractivity contribution in [3.05, 3.63) is 29.3 Å². The topological polar surface area (TPSA) is 93.1 Å². The van der Waals surface area contributed by atoms with Crippen LogP contribution < -0.4 is 4.74 Å². The van der Waals surface area contributed by atoms with Crippen molar-refractivity contribution in [2.45, 2.75) is 58.0 Å². The molecule has 3 unspecified atom stereocenters. The molecule has 148 valence electrons. The Kier molecular flexibility index (Phi) is 4.96. The summed E-state index contributed by atoms with van der Waals surface area (Å²) in [5, 5.41) is 0. The van der Waals surface area contributed by atoms with Gasteiger partial charge in [0.1, 0.15) is 5.75 Å². The zero-order valence-corrected chi connectivity index (χ0v) is 16.6. The second-order valence-corrected chi connectivity index (χ2v) is 9.62. The number of esters is 1. The second kappa shape index (κ2) is 7.00. The normalized spacial score (nSPS) is 35.1. The van der Waals surface area contributed by atoms with Crippen molar-refractivity contribution in [3.8, 4) is 5.75 Å². The minimum absolute atomic E-state index is 0.232. The number of phosphoric ester groups is 1. The number of hydrogen-bond acceptors (Lipinski definition) is 4. The maximum Gasteiger partial charge on any atom is 0.469 e. The van der Waals surface area contributed by atoms with Gasteiger partial charge in [-0.25, -0.2) is 4.57 Å². The summed E-state index contributed by atoms with van der Waals surface area (Å²) in [5.74, 6) is 2.38. The zero-order valence-electron chi connectivity index (χ0n) is 15.7. The first-order valence-corrected chi connectivity index (χ1v) is 11.3. The molecule has 1 aromatic carbocycles. The molecular formula is C20H27O6P. The van der Waals surface area contributed by atoms with Gasteiger partial charge in [0, 0.05) is 6.92 Å². The quantitative estimate of drug-likeness (QED) is 0.460. The fourth-order valence-corrected chi connectivity index (χ4v) is 6.72. The van der Waals surface area contributed by atoms with E-state index in [9.17, 15) is 19.1 Å². The van der Waals surface area contributed by atoms with Crippen molar-refractivity contribution < 1.29 is 28.4 Å². The molecule has 27 heavy (non-hydrogen) atoms. The molecule has 0 spiro atoms. The van der Waals surface area contributed by atoms with Crippen molar-refractivity contribution in [3.63, 3.8) is 0 Å². The summed E-state index contributed by atoms with van der Waals surface area (Å²) in [5.41, 5.74) is 2.62. The first-order chi connectivity index (χ1) is 12.7. The molecule has 7 heteroatoms. The lowest BCUT2D eigenvalue weighted by Gasteiger charge is -2.46. The third-order valence-electron chi connectivity index (χ3n) is 6.85. The molecule has 0 saturated heterocycles. The van der Waals surface area contributed by atoms with Gasteiger partial charge in [0.2, 0.25) is 0 Å². The summed E-state index contributed by atoms with van der Waals surface area (Å²) in [6, 6.07) is 5.98. The number of hydrogen-bond donors (Lipinski definition) is 2. The van der Waals surface area contributed by atoms with Crippen LogP contribution >= 0.6 is 7.82 Å². The Morgan fingerprint density at radius 2 is 1.96 bits per heavy atom. The largest absolute Gasteiger partial charge is 0.469 e. The number of fused-ring (bicyclic) bond motifs is 5. The van der Waals surface area contributed by atoms with Crippen LogP contribution in [0.3, 0.4) is 0 Å². The van der Waals surface area contributed by atoms with Gasteiger partial charge in [-0.15, -0.1) is 0 Å². The fraction of sp³-hybridized carbons (Fsp3) is 0.650. The number of phosphoric acid groups is 1. The lowest BCUT2D eigenvalue weighted by atomic mass is 9.59. The Bertz CT molecular complexity index is 787. The molecule has 3 aliphatic carbocycles. The molecule has 1 aromatic rings. The molecule has 4 rings (SSSR count). The van der Waals surface area contributed by atoms with Gasteiger partial charge in [-0.2, -0.15) is 0 Å². The highest BCUT2D eigenvalue weighted by molar-refractivity contribution is 7.46. The van der Waals surface area contributed by atoms with Crippen molar-refractivity contribution >= 4 is 13.8 Å². The number of aryl methyl sites for hydroxylation is 1. The summed E-state index contributed by atoms with van der Waals surface area (Å²) in [7, 11) is -4.45. The Morgan fingerprint density at radius 1 is 1.19 bits per heavy atom. The maximum atomic E-state index is 11.4. The van der Waals surface area contributed by atoms with Gasteiger partial charge >= 0.3 is 13.8 Å². The molecule has 3 aliphatic rings. The van der Waals surface area contributed by atoms with E-state index in [0.29, 0.717) is 29.4 Å². The van der Waals surface area contributed by atoms with Gasteiger partial charge in [-0.1, -0.05) is 13.0 Å². The highest BCUT2D eigenvalue weighted by Gasteiger charge is 2.52. The molecule has 0 aromatic heterocycles. The van der Waals surface area contributed by atoms with Crippen LogP contribution in [0.25, 0.3) is 0 Å². The molecule has 0 aliphatic heterocycles. The van der Waals surface area contributed by atoms with Gasteiger partial charge in [-0.05, 0) is 85.0 Å². The molecule has 6 atom stereocenters. The van der Waals surface area contributed by atoms with Crippen molar-refractivity contribution in [1.29, 1.82) is 0 Å². The zero-order chi connectivity index (χ0) is 19.3. The van der Waals surface area contributed by atoms with Gasteiger partial charge in [-0.3, -0.25) is 9.32 Å². The first-order valence-electron chi connectivity index (χ1n) is 9.78. The maximum absolute atomic E-state index is 11.4. The number of carbonyl (C=O) groups is 1. The van der Waals surface area contributed by atoms with Crippen LogP contribution in [0.5, 0.6) is 5.75 Å². The van der Waals surface area contributed by atoms with Crippen LogP contribution in [0.1, 0.15) is 56.6 Å². The first kappa shape index (κ1) is 19.1. The molecule has 0 radical (unpaired) electrons. The van der Waals surface area contributed by atoms with E-state index in [1.165, 1.54) is 18.1 Å². The SMILES string of the molecule is CC(=O)Oc1ccc2c(c1)CCC1C2CC[C@H]2C1[C@H](C)C[C@@H]2OP(=O)(O)O. The number of ether oxygens (including phenoxy) is 1. The van der Waals surface area contributed by atoms with Crippen molar-refractivity contribution in [1.82, 2.24) is 0 Å². The average molecular weight is 394 g/mol. The molecule has 0 heterocycles. The number of carbonyl (C=O) groups excluding carboxylic acids is 1. The van der Waals surface area contributed by atoms with E-state index >= 15 is 0 Å². The van der Waals surface area contributed by atoms with Crippen LogP contribution in [0.2, 0.25) is 0 Å². The van der Waals surface area contributed by atoms with E-state index in [1.54, 1.807) is 0 Å². The number of rotatable bonds is 3. The molecule has 0 amide bonds. The van der Waals surface area contributed by atoms with Crippen LogP contribution in [-0.2, 0) is 20.3 Å². The van der Waals surface area contributed by atoms with Gasteiger partial charge in [0.25, 0.3) is 0 Å². The van der Waals surface area contributed by atoms with Gasteiger partial charge in [0.15, 0.2) is 0 Å². The predicted octanol–water partition coefficient (Wildman–Crippen LogP) is 3.80. The predicted molar refractivity (Wildman–Crippen MR) is 99.2 cm³/mol. The van der Waals surface area contributed by atoms with E-state index in [0.717, 1.165) is 32.1 Å². The molecule has 2 fully saturated rings. The summed E-state index contributed by atoms with van der Waals surface area (Å²) in [6.45, 7) is 3.61. The van der Waals surface area contributed by atoms with E-state index in [1.807, 2.05) is 12.1 Å². The Labute approximate surface area is 159 Å². The van der Waals surface area contributed by atoms with Crippen LogP contribution in [0.4, 0.5) is 0 Å². The minimum Gasteiger partial charge on any atom is -0.427 e. The summed E-state index contributed by atoms with van der Waals surface area (Å²) in [6.07, 6.45) is 4.35. The smallest absolute Gasteiger partial charge is 0.427 e. The van der Waals surface area contributed by atoms with Crippen molar-refractivity contribution in [2.24, 2.45) is 23.7 Å². The summed E-state index contributed by atoms with van der Waals surface area (Å²) in [4.78, 5) is 29.7. The van der Waals surface area contributed by atoms with Gasteiger partial charge in [0.05, 0.1) is 6.10 Å². The lowest BCUT2D eigenvalue weighted by Crippen LogP contribution is -2.38. The third-order valence-corrected chi connectivity index (χ3v) is 7.40. The van der Waals surface area contributed by atoms with Gasteiger partial charge < -0.3 is 14.5 Å². The third kappa shape index (κ3) is 3.73. The fourth-order valence-electron chi connectivity index (χ4n) is 6.13. The summed E-state index contributed by atoms with van der Waals surface area (Å²) < 4.78 is 21.8. The lowest BCUT2D eigenvalue weighted by molar-refractivity contribution is -0.131. The van der Waals surface area contributed by atoms with Crippen LogP contribution in [0.15, 0.2) is 18.2 Å². The Hall–Kier alpha value is -1.20. The minimum atomic E-state index is -4.45. The van der Waals surface area contributed by atoms with Crippen LogP contribution in [0, 0.1) is 23.7 Å². The molecular weight excluding hydrogens is 367 g/mol. The monoisotopic (exact) mass is 394 g/mol. The Balaban J connectivity index is 1.57. The van der Waals surface area contributed by atoms with E-state index in [-0.39, 0.29) is 18.0 Å². The van der Waals surface area contributed by atoms with E-state index < -0.39 is 7.82 Å². The standard InChI is InChI=1S/C20H27O6P/c1-11-9-19(26-27(22,23)24)18-8-7-16-15-6-4-14(25-12(2)21)10-13(15)3-5-17(16)20(11)18/h4,6,10-11,16-20H,3,5,7-9H2,1-2H3,(H2,22,23,24)/t11-,16?,17?,18-,19+,20?/m1/s1. The highest BCUT2D eigenvalue weighted by atomic mass is 31.2. The van der Waals surface area contributed by atoms with E-state index in [4.69, 9.17) is 9.26 Å². The Morgan fingerprint density at radius 3 is 2.67 bits per heavy atom. The second-order valence-electron chi connectivity index (χ2n) is 8.43. The van der Waals surface area contributed by atoms with E-state index in [2.05, 4.69) is 13.0 Å². The molecule has 2 N–H and O–H groups in total. The highest BCUT2D eigenvalue weighted by Crippen LogP contribution is 2.59. The molecule has 2 saturated carbocycles. The number of benzene rings is 1. The molecule has 6 nitrogen and oxygen atoms in total. The summed E-state index contributed by atoms with van der Waals surface area (Å²) >= 11 is 0. The van der Waals surface area contributed by atoms with Crippen LogP contribution in [-0.4, -0.2) is 21.9 Å². The molecule has 0 bridgehead atoms. The van der Waals surface area contributed by atoms with Crippen molar-refractivity contribution in [2.75, 3.05) is 0 Å². The average Bonchev–Trinajstić information content (AvgIpc) is 2.88.